The van der Waals surface area contributed by atoms with E-state index in [0.29, 0.717) is 10.5 Å². The molecule has 132 valence electrons. The Labute approximate surface area is 150 Å². The number of likely N-dealkylation sites (N-methyl/N-ethyl adjacent to an activating group) is 1. The Hall–Kier alpha value is -1.04. The fourth-order valence-corrected chi connectivity index (χ4v) is 4.92. The van der Waals surface area contributed by atoms with E-state index >= 15 is 0 Å². The van der Waals surface area contributed by atoms with E-state index in [1.54, 1.807) is 0 Å². The van der Waals surface area contributed by atoms with E-state index in [4.69, 9.17) is 0 Å². The van der Waals surface area contributed by atoms with Crippen LogP contribution in [-0.4, -0.2) is 77.4 Å². The molecule has 0 radical (unpaired) electrons. The number of rotatable bonds is 3. The Bertz CT molecular complexity index is 561. The minimum atomic E-state index is 0.189. The molecule has 2 atom stereocenters. The largest absolute Gasteiger partial charge is 0.336 e. The first-order valence-electron chi connectivity index (χ1n) is 8.96. The van der Waals surface area contributed by atoms with E-state index < -0.39 is 0 Å². The van der Waals surface area contributed by atoms with Gasteiger partial charge in [0.2, 0.25) is 0 Å². The fraction of sp³-hybridized carbons (Fsp3) is 0.632. The normalized spacial score (nSPS) is 26.5. The van der Waals surface area contributed by atoms with Gasteiger partial charge in [-0.2, -0.15) is 11.8 Å². The molecule has 0 unspecified atom stereocenters. The zero-order valence-electron chi connectivity index (χ0n) is 15.1. The van der Waals surface area contributed by atoms with Crippen LogP contribution < -0.4 is 0 Å². The van der Waals surface area contributed by atoms with Gasteiger partial charge in [0.1, 0.15) is 0 Å². The van der Waals surface area contributed by atoms with E-state index in [1.165, 1.54) is 5.56 Å². The van der Waals surface area contributed by atoms with Crippen LogP contribution in [0.2, 0.25) is 0 Å². The first kappa shape index (κ1) is 17.8. The predicted octanol–water partition coefficient (Wildman–Crippen LogP) is 2.40. The highest BCUT2D eigenvalue weighted by Gasteiger charge is 2.26. The minimum absolute atomic E-state index is 0.189. The number of hydrogen-bond donors (Lipinski definition) is 0. The Morgan fingerprint density at radius 2 is 1.79 bits per heavy atom. The molecule has 3 rings (SSSR count). The van der Waals surface area contributed by atoms with E-state index in [9.17, 15) is 4.79 Å². The van der Waals surface area contributed by atoms with Gasteiger partial charge < -0.3 is 9.80 Å². The second-order valence-corrected chi connectivity index (χ2v) is 9.13. The Morgan fingerprint density at radius 1 is 1.12 bits per heavy atom. The molecule has 2 heterocycles. The predicted molar refractivity (Wildman–Crippen MR) is 102 cm³/mol. The van der Waals surface area contributed by atoms with Gasteiger partial charge in [-0.3, -0.25) is 9.69 Å². The smallest absolute Gasteiger partial charge is 0.253 e. The maximum absolute atomic E-state index is 12.9. The van der Waals surface area contributed by atoms with Gasteiger partial charge in [0.25, 0.3) is 5.91 Å². The number of carbonyl (C=O) groups is 1. The third kappa shape index (κ3) is 4.52. The SMILES string of the molecule is C[C@@H]1CN(C(=O)c2cccc(CN3CCN(C)CC3)c2)C[C@@H](C)S1. The van der Waals surface area contributed by atoms with Crippen molar-refractivity contribution in [1.29, 1.82) is 0 Å². The Morgan fingerprint density at radius 3 is 2.46 bits per heavy atom. The molecule has 1 amide bonds. The van der Waals surface area contributed by atoms with E-state index in [0.717, 1.165) is 51.4 Å². The number of piperazine rings is 1. The molecule has 0 aromatic heterocycles. The summed E-state index contributed by atoms with van der Waals surface area (Å²) in [6.07, 6.45) is 0. The Balaban J connectivity index is 1.65. The van der Waals surface area contributed by atoms with E-state index in [2.05, 4.69) is 42.8 Å². The van der Waals surface area contributed by atoms with Crippen LogP contribution in [0.3, 0.4) is 0 Å². The lowest BCUT2D eigenvalue weighted by atomic mass is 10.1. The molecule has 2 saturated heterocycles. The molecular weight excluding hydrogens is 318 g/mol. The van der Waals surface area contributed by atoms with Crippen LogP contribution in [-0.2, 0) is 6.54 Å². The first-order chi connectivity index (χ1) is 11.5. The van der Waals surface area contributed by atoms with Crippen molar-refractivity contribution in [3.05, 3.63) is 35.4 Å². The van der Waals surface area contributed by atoms with Crippen molar-refractivity contribution in [2.24, 2.45) is 0 Å². The standard InChI is InChI=1S/C19H29N3OS/c1-15-12-22(13-16(2)24-15)19(23)18-6-4-5-17(11-18)14-21-9-7-20(3)8-10-21/h4-6,11,15-16H,7-10,12-14H2,1-3H3/t15-,16-/m1/s1. The zero-order valence-corrected chi connectivity index (χ0v) is 15.9. The highest BCUT2D eigenvalue weighted by Crippen LogP contribution is 2.26. The zero-order chi connectivity index (χ0) is 17.1. The van der Waals surface area contributed by atoms with Crippen LogP contribution in [0.5, 0.6) is 0 Å². The van der Waals surface area contributed by atoms with E-state index in [-0.39, 0.29) is 5.91 Å². The van der Waals surface area contributed by atoms with Crippen molar-refractivity contribution >= 4 is 17.7 Å². The molecule has 1 aromatic carbocycles. The molecular formula is C19H29N3OS. The summed E-state index contributed by atoms with van der Waals surface area (Å²) >= 11 is 1.98. The van der Waals surface area contributed by atoms with Crippen LogP contribution in [0.25, 0.3) is 0 Å². The van der Waals surface area contributed by atoms with E-state index in [1.807, 2.05) is 28.8 Å². The maximum Gasteiger partial charge on any atom is 0.253 e. The molecule has 2 fully saturated rings. The van der Waals surface area contributed by atoms with Gasteiger partial charge >= 0.3 is 0 Å². The van der Waals surface area contributed by atoms with Gasteiger partial charge in [-0.05, 0) is 24.7 Å². The third-order valence-corrected chi connectivity index (χ3v) is 6.11. The number of amides is 1. The highest BCUT2D eigenvalue weighted by atomic mass is 32.2. The van der Waals surface area contributed by atoms with Crippen LogP contribution in [0.1, 0.15) is 29.8 Å². The lowest BCUT2D eigenvalue weighted by Crippen LogP contribution is -2.44. The number of carbonyl (C=O) groups excluding carboxylic acids is 1. The molecule has 0 spiro atoms. The molecule has 1 aromatic rings. The molecule has 0 bridgehead atoms. The average Bonchev–Trinajstić information content (AvgIpc) is 2.56. The topological polar surface area (TPSA) is 26.8 Å². The fourth-order valence-electron chi connectivity index (χ4n) is 3.59. The second-order valence-electron chi connectivity index (χ2n) is 7.25. The van der Waals surface area contributed by atoms with Crippen molar-refractivity contribution in [3.63, 3.8) is 0 Å². The van der Waals surface area contributed by atoms with Crippen molar-refractivity contribution in [2.75, 3.05) is 46.3 Å². The van der Waals surface area contributed by atoms with Crippen molar-refractivity contribution < 1.29 is 4.79 Å². The summed E-state index contributed by atoms with van der Waals surface area (Å²) in [5, 5.41) is 1.04. The quantitative estimate of drug-likeness (QED) is 0.839. The summed E-state index contributed by atoms with van der Waals surface area (Å²) in [5.74, 6) is 0.189. The summed E-state index contributed by atoms with van der Waals surface area (Å²) in [4.78, 5) is 19.7. The van der Waals surface area contributed by atoms with Crippen LogP contribution in [0.15, 0.2) is 24.3 Å². The summed E-state index contributed by atoms with van der Waals surface area (Å²) in [7, 11) is 2.18. The molecule has 2 aliphatic rings. The molecule has 0 aliphatic carbocycles. The molecule has 0 N–H and O–H groups in total. The number of thioether (sulfide) groups is 1. The third-order valence-electron chi connectivity index (χ3n) is 4.88. The monoisotopic (exact) mass is 347 g/mol. The molecule has 24 heavy (non-hydrogen) atoms. The van der Waals surface area contributed by atoms with Crippen LogP contribution in [0.4, 0.5) is 0 Å². The summed E-state index contributed by atoms with van der Waals surface area (Å²) < 4.78 is 0. The molecule has 4 nitrogen and oxygen atoms in total. The lowest BCUT2D eigenvalue weighted by molar-refractivity contribution is 0.0753. The lowest BCUT2D eigenvalue weighted by Gasteiger charge is -2.35. The van der Waals surface area contributed by atoms with Crippen molar-refractivity contribution in [1.82, 2.24) is 14.7 Å². The first-order valence-corrected chi connectivity index (χ1v) is 9.90. The van der Waals surface area contributed by atoms with Gasteiger partial charge in [0.15, 0.2) is 0 Å². The summed E-state index contributed by atoms with van der Waals surface area (Å²) in [6, 6.07) is 8.24. The Kier molecular flexibility index (Phi) is 5.85. The average molecular weight is 348 g/mol. The van der Waals surface area contributed by atoms with Crippen molar-refractivity contribution in [3.8, 4) is 0 Å². The molecule has 2 aliphatic heterocycles. The van der Waals surface area contributed by atoms with Crippen molar-refractivity contribution in [2.45, 2.75) is 30.9 Å². The maximum atomic E-state index is 12.9. The van der Waals surface area contributed by atoms with Crippen LogP contribution in [0, 0.1) is 0 Å². The highest BCUT2D eigenvalue weighted by molar-refractivity contribution is 8.00. The minimum Gasteiger partial charge on any atom is -0.336 e. The van der Waals surface area contributed by atoms with Gasteiger partial charge in [-0.1, -0.05) is 26.0 Å². The number of benzene rings is 1. The molecule has 0 saturated carbocycles. The van der Waals surface area contributed by atoms with Gasteiger partial charge in [0, 0.05) is 61.9 Å². The number of nitrogens with zero attached hydrogens (tertiary/aromatic N) is 3. The second kappa shape index (κ2) is 7.89. The van der Waals surface area contributed by atoms with Gasteiger partial charge in [0.05, 0.1) is 0 Å². The van der Waals surface area contributed by atoms with Gasteiger partial charge in [-0.15, -0.1) is 0 Å². The summed E-state index contributed by atoms with van der Waals surface area (Å²) in [5.41, 5.74) is 2.09. The van der Waals surface area contributed by atoms with Crippen LogP contribution >= 0.6 is 11.8 Å². The number of hydrogen-bond acceptors (Lipinski definition) is 4. The summed E-state index contributed by atoms with van der Waals surface area (Å²) in [6.45, 7) is 11.5. The molecule has 5 heteroatoms. The van der Waals surface area contributed by atoms with Gasteiger partial charge in [-0.25, -0.2) is 0 Å².